The zero-order valence-electron chi connectivity index (χ0n) is 17.5. The summed E-state index contributed by atoms with van der Waals surface area (Å²) >= 11 is 1.37. The fourth-order valence-corrected chi connectivity index (χ4v) is 3.97. The molecule has 0 saturated carbocycles. The second-order valence-electron chi connectivity index (χ2n) is 7.32. The Balaban J connectivity index is 1.35. The van der Waals surface area contributed by atoms with E-state index >= 15 is 0 Å². The standard InChI is InChI=1S/C23H24N6OS/c1-17-7-8-21(11-18(17)2)29-16-26-27-23(29)31-14-22(30)25-12-19-5-3-4-6-20(19)13-28-10-9-24-15-28/h3-11,15-16H,12-14H2,1-2H3,(H,25,30). The SMILES string of the molecule is Cc1ccc(-n2cnnc2SCC(=O)NCc2ccccc2Cn2ccnc2)cc1C. The van der Waals surface area contributed by atoms with Gasteiger partial charge in [0.2, 0.25) is 5.91 Å². The number of nitrogens with one attached hydrogen (secondary N) is 1. The van der Waals surface area contributed by atoms with E-state index in [9.17, 15) is 4.79 Å². The molecule has 4 rings (SSSR count). The number of aromatic nitrogens is 5. The molecule has 0 aliphatic carbocycles. The van der Waals surface area contributed by atoms with E-state index in [1.807, 2.05) is 39.6 Å². The second-order valence-corrected chi connectivity index (χ2v) is 8.26. The van der Waals surface area contributed by atoms with Crippen LogP contribution in [0, 0.1) is 13.8 Å². The zero-order valence-corrected chi connectivity index (χ0v) is 18.3. The van der Waals surface area contributed by atoms with Gasteiger partial charge >= 0.3 is 0 Å². The number of carbonyl (C=O) groups is 1. The minimum absolute atomic E-state index is 0.0444. The molecule has 31 heavy (non-hydrogen) atoms. The Hall–Kier alpha value is -3.39. The van der Waals surface area contributed by atoms with E-state index in [4.69, 9.17) is 0 Å². The molecular weight excluding hydrogens is 408 g/mol. The summed E-state index contributed by atoms with van der Waals surface area (Å²) in [7, 11) is 0. The number of benzene rings is 2. The minimum atomic E-state index is -0.0444. The lowest BCUT2D eigenvalue weighted by molar-refractivity contribution is -0.118. The van der Waals surface area contributed by atoms with Crippen LogP contribution in [0.25, 0.3) is 5.69 Å². The Kier molecular flexibility index (Phi) is 6.47. The first kappa shape index (κ1) is 20.9. The summed E-state index contributed by atoms with van der Waals surface area (Å²) in [6, 6.07) is 14.3. The molecule has 0 spiro atoms. The van der Waals surface area contributed by atoms with Crippen LogP contribution in [0.1, 0.15) is 22.3 Å². The molecule has 2 aromatic carbocycles. The molecule has 158 valence electrons. The van der Waals surface area contributed by atoms with Crippen LogP contribution in [0.3, 0.4) is 0 Å². The summed E-state index contributed by atoms with van der Waals surface area (Å²) in [5.41, 5.74) is 5.67. The maximum Gasteiger partial charge on any atom is 0.230 e. The highest BCUT2D eigenvalue weighted by Gasteiger charge is 2.11. The average molecular weight is 433 g/mol. The van der Waals surface area contributed by atoms with Crippen LogP contribution < -0.4 is 5.32 Å². The lowest BCUT2D eigenvalue weighted by atomic mass is 10.1. The first-order valence-electron chi connectivity index (χ1n) is 10.00. The van der Waals surface area contributed by atoms with E-state index in [1.165, 1.54) is 22.9 Å². The number of amides is 1. The van der Waals surface area contributed by atoms with Crippen molar-refractivity contribution in [1.29, 1.82) is 0 Å². The first-order chi connectivity index (χ1) is 15.1. The number of hydrogen-bond acceptors (Lipinski definition) is 5. The Labute approximate surface area is 185 Å². The van der Waals surface area contributed by atoms with E-state index in [0.717, 1.165) is 23.4 Å². The largest absolute Gasteiger partial charge is 0.351 e. The van der Waals surface area contributed by atoms with Crippen LogP contribution in [0.4, 0.5) is 0 Å². The number of rotatable bonds is 8. The molecule has 0 aliphatic rings. The number of aryl methyl sites for hydroxylation is 2. The highest BCUT2D eigenvalue weighted by molar-refractivity contribution is 7.99. The summed E-state index contributed by atoms with van der Waals surface area (Å²) < 4.78 is 3.92. The smallest absolute Gasteiger partial charge is 0.230 e. The molecular formula is C23H24N6OS. The van der Waals surface area contributed by atoms with E-state index in [1.54, 1.807) is 18.9 Å². The van der Waals surface area contributed by atoms with Gasteiger partial charge in [0.1, 0.15) is 6.33 Å². The van der Waals surface area contributed by atoms with Gasteiger partial charge in [-0.3, -0.25) is 9.36 Å². The normalized spacial score (nSPS) is 10.9. The van der Waals surface area contributed by atoms with Crippen molar-refractivity contribution in [2.45, 2.75) is 32.1 Å². The topological polar surface area (TPSA) is 77.6 Å². The van der Waals surface area contributed by atoms with Gasteiger partial charge in [-0.25, -0.2) is 4.98 Å². The predicted octanol–water partition coefficient (Wildman–Crippen LogP) is 3.54. The maximum absolute atomic E-state index is 12.5. The van der Waals surface area contributed by atoms with Gasteiger partial charge in [-0.1, -0.05) is 42.1 Å². The lowest BCUT2D eigenvalue weighted by Gasteiger charge is -2.11. The molecule has 0 radical (unpaired) electrons. The molecule has 0 bridgehead atoms. The molecule has 0 aliphatic heterocycles. The second kappa shape index (κ2) is 9.61. The molecule has 8 heteroatoms. The molecule has 4 aromatic rings. The number of carbonyl (C=O) groups excluding carboxylic acids is 1. The Bertz CT molecular complexity index is 1170. The highest BCUT2D eigenvalue weighted by Crippen LogP contribution is 2.21. The number of imidazole rings is 1. The Morgan fingerprint density at radius 3 is 2.68 bits per heavy atom. The van der Waals surface area contributed by atoms with Gasteiger partial charge in [-0.2, -0.15) is 0 Å². The van der Waals surface area contributed by atoms with Crippen LogP contribution in [0.2, 0.25) is 0 Å². The van der Waals surface area contributed by atoms with Crippen LogP contribution in [0.15, 0.2) is 72.7 Å². The molecule has 2 aromatic heterocycles. The highest BCUT2D eigenvalue weighted by atomic mass is 32.2. The van der Waals surface area contributed by atoms with E-state index in [2.05, 4.69) is 52.5 Å². The van der Waals surface area contributed by atoms with Crippen molar-refractivity contribution in [2.24, 2.45) is 0 Å². The van der Waals surface area contributed by atoms with Crippen molar-refractivity contribution in [3.8, 4) is 5.69 Å². The third-order valence-electron chi connectivity index (χ3n) is 5.12. The summed E-state index contributed by atoms with van der Waals surface area (Å²) in [5, 5.41) is 11.9. The van der Waals surface area contributed by atoms with Crippen LogP contribution in [0.5, 0.6) is 0 Å². The molecule has 1 N–H and O–H groups in total. The average Bonchev–Trinajstić information content (AvgIpc) is 3.45. The molecule has 2 heterocycles. The molecule has 0 unspecified atom stereocenters. The van der Waals surface area contributed by atoms with Crippen molar-refractivity contribution >= 4 is 17.7 Å². The number of nitrogens with zero attached hydrogens (tertiary/aromatic N) is 5. The summed E-state index contributed by atoms with van der Waals surface area (Å²) in [6.07, 6.45) is 7.16. The van der Waals surface area contributed by atoms with Gasteiger partial charge in [0.15, 0.2) is 5.16 Å². The zero-order chi connectivity index (χ0) is 21.6. The van der Waals surface area contributed by atoms with Gasteiger partial charge in [0, 0.05) is 31.2 Å². The Morgan fingerprint density at radius 2 is 1.90 bits per heavy atom. The van der Waals surface area contributed by atoms with Gasteiger partial charge in [-0.15, -0.1) is 10.2 Å². The molecule has 0 atom stereocenters. The Morgan fingerprint density at radius 1 is 1.06 bits per heavy atom. The van der Waals surface area contributed by atoms with Gasteiger partial charge in [0.05, 0.1) is 12.1 Å². The van der Waals surface area contributed by atoms with E-state index < -0.39 is 0 Å². The van der Waals surface area contributed by atoms with Crippen LogP contribution >= 0.6 is 11.8 Å². The molecule has 7 nitrogen and oxygen atoms in total. The van der Waals surface area contributed by atoms with Gasteiger partial charge < -0.3 is 9.88 Å². The lowest BCUT2D eigenvalue weighted by Crippen LogP contribution is -2.25. The third kappa shape index (κ3) is 5.21. The fourth-order valence-electron chi connectivity index (χ4n) is 3.21. The molecule has 0 fully saturated rings. The third-order valence-corrected chi connectivity index (χ3v) is 6.07. The summed E-state index contributed by atoms with van der Waals surface area (Å²) in [6.45, 7) is 5.36. The van der Waals surface area contributed by atoms with Crippen molar-refractivity contribution in [2.75, 3.05) is 5.75 Å². The number of thioether (sulfide) groups is 1. The van der Waals surface area contributed by atoms with Crippen molar-refractivity contribution in [3.05, 3.63) is 89.8 Å². The van der Waals surface area contributed by atoms with Crippen molar-refractivity contribution in [3.63, 3.8) is 0 Å². The molecule has 1 amide bonds. The van der Waals surface area contributed by atoms with Crippen molar-refractivity contribution < 1.29 is 4.79 Å². The molecule has 0 saturated heterocycles. The minimum Gasteiger partial charge on any atom is -0.351 e. The predicted molar refractivity (Wildman–Crippen MR) is 121 cm³/mol. The van der Waals surface area contributed by atoms with Gasteiger partial charge in [0.25, 0.3) is 0 Å². The van der Waals surface area contributed by atoms with Crippen LogP contribution in [-0.4, -0.2) is 36.0 Å². The fraction of sp³-hybridized carbons (Fsp3) is 0.217. The maximum atomic E-state index is 12.5. The monoisotopic (exact) mass is 432 g/mol. The quantitative estimate of drug-likeness (QED) is 0.431. The van der Waals surface area contributed by atoms with Crippen LogP contribution in [-0.2, 0) is 17.9 Å². The van der Waals surface area contributed by atoms with Gasteiger partial charge in [-0.05, 0) is 48.2 Å². The van der Waals surface area contributed by atoms with E-state index in [-0.39, 0.29) is 11.7 Å². The number of hydrogen-bond donors (Lipinski definition) is 1. The first-order valence-corrected chi connectivity index (χ1v) is 11.0. The summed E-state index contributed by atoms with van der Waals surface area (Å²) in [5.74, 6) is 0.227. The summed E-state index contributed by atoms with van der Waals surface area (Å²) in [4.78, 5) is 16.6. The van der Waals surface area contributed by atoms with E-state index in [0.29, 0.717) is 11.7 Å². The van der Waals surface area contributed by atoms with Crippen molar-refractivity contribution in [1.82, 2.24) is 29.6 Å².